The van der Waals surface area contributed by atoms with E-state index in [1.165, 1.54) is 29.4 Å². The van der Waals surface area contributed by atoms with Crippen LogP contribution in [0.25, 0.3) is 17.2 Å². The second-order valence-corrected chi connectivity index (χ2v) is 7.98. The number of fused-ring (bicyclic) bond motifs is 3. The summed E-state index contributed by atoms with van der Waals surface area (Å²) in [5.74, 6) is 0.444. The van der Waals surface area contributed by atoms with Crippen LogP contribution < -0.4 is 10.1 Å². The lowest BCUT2D eigenvalue weighted by molar-refractivity contribution is 0.144. The minimum Gasteiger partial charge on any atom is -0.504 e. The lowest BCUT2D eigenvalue weighted by Gasteiger charge is -2.14. The van der Waals surface area contributed by atoms with Gasteiger partial charge in [-0.05, 0) is 34.4 Å². The Balaban J connectivity index is 1.35. The first-order valence-electron chi connectivity index (χ1n) is 9.91. The number of phenols is 1. The number of hydrogen-bond acceptors (Lipinski definition) is 4. The number of halogens is 1. The van der Waals surface area contributed by atoms with Gasteiger partial charge in [-0.3, -0.25) is 0 Å². The number of carbonyl (C=O) groups excluding carboxylic acids is 1. The Morgan fingerprint density at radius 2 is 1.71 bits per heavy atom. The molecule has 1 aliphatic rings. The molecule has 5 nitrogen and oxygen atoms in total. The molecule has 2 N–H and O–H groups in total. The molecule has 1 amide bonds. The molecule has 0 fully saturated rings. The topological polar surface area (TPSA) is 67.8 Å². The Labute approximate surface area is 189 Å². The average Bonchev–Trinajstić information content (AvgIpc) is 3.11. The molecule has 0 aliphatic heterocycles. The average molecular weight is 480 g/mol. The van der Waals surface area contributed by atoms with Crippen molar-refractivity contribution in [3.8, 4) is 22.6 Å². The van der Waals surface area contributed by atoms with E-state index >= 15 is 0 Å². The third kappa shape index (κ3) is 4.30. The van der Waals surface area contributed by atoms with E-state index in [0.29, 0.717) is 11.3 Å². The molecule has 0 saturated carbocycles. The molecule has 31 heavy (non-hydrogen) atoms. The maximum Gasteiger partial charge on any atom is 0.407 e. The van der Waals surface area contributed by atoms with Gasteiger partial charge < -0.3 is 19.9 Å². The minimum absolute atomic E-state index is 0.0263. The third-order valence-electron chi connectivity index (χ3n) is 5.34. The molecule has 0 saturated heterocycles. The van der Waals surface area contributed by atoms with Gasteiger partial charge in [0, 0.05) is 22.5 Å². The fourth-order valence-corrected chi connectivity index (χ4v) is 4.31. The summed E-state index contributed by atoms with van der Waals surface area (Å²) in [7, 11) is 1.50. The van der Waals surface area contributed by atoms with Gasteiger partial charge in [0.05, 0.1) is 7.11 Å². The Morgan fingerprint density at radius 1 is 1.06 bits per heavy atom. The van der Waals surface area contributed by atoms with Crippen LogP contribution in [-0.4, -0.2) is 31.5 Å². The molecule has 0 heterocycles. The standard InChI is InChI=1S/C25H22BrNO4/c1-30-23-13-12-22(26)20(24(23)28)11-6-14-27-25(29)31-15-21-18-9-4-2-7-16(18)17-8-3-5-10-19(17)21/h2-13,21,28H,14-15H2,1H3,(H,27,29). The summed E-state index contributed by atoms with van der Waals surface area (Å²) in [4.78, 5) is 12.2. The molecule has 4 rings (SSSR count). The van der Waals surface area contributed by atoms with Crippen molar-refractivity contribution in [2.75, 3.05) is 20.3 Å². The van der Waals surface area contributed by atoms with Crippen molar-refractivity contribution in [1.82, 2.24) is 5.32 Å². The highest BCUT2D eigenvalue weighted by Gasteiger charge is 2.28. The number of nitrogens with one attached hydrogen (secondary N) is 1. The largest absolute Gasteiger partial charge is 0.504 e. The molecule has 0 atom stereocenters. The van der Waals surface area contributed by atoms with Crippen molar-refractivity contribution in [2.24, 2.45) is 0 Å². The molecule has 0 bridgehead atoms. The lowest BCUT2D eigenvalue weighted by atomic mass is 9.98. The Kier molecular flexibility index (Phi) is 6.28. The summed E-state index contributed by atoms with van der Waals surface area (Å²) in [6.07, 6.45) is 2.97. The zero-order valence-electron chi connectivity index (χ0n) is 17.0. The molecule has 0 spiro atoms. The highest BCUT2D eigenvalue weighted by atomic mass is 79.9. The highest BCUT2D eigenvalue weighted by Crippen LogP contribution is 2.44. The highest BCUT2D eigenvalue weighted by molar-refractivity contribution is 9.10. The van der Waals surface area contributed by atoms with Crippen LogP contribution in [0, 0.1) is 0 Å². The molecule has 3 aromatic rings. The number of aromatic hydroxyl groups is 1. The Bertz CT molecular complexity index is 1100. The first-order valence-corrected chi connectivity index (χ1v) is 10.7. The summed E-state index contributed by atoms with van der Waals surface area (Å²) in [5.41, 5.74) is 5.32. The molecule has 0 radical (unpaired) electrons. The molecular formula is C25H22BrNO4. The van der Waals surface area contributed by atoms with E-state index in [1.54, 1.807) is 24.3 Å². The quantitative estimate of drug-likeness (QED) is 0.474. The van der Waals surface area contributed by atoms with Gasteiger partial charge in [0.2, 0.25) is 0 Å². The molecule has 0 unspecified atom stereocenters. The Hall–Kier alpha value is -3.25. The number of hydrogen-bond donors (Lipinski definition) is 2. The van der Waals surface area contributed by atoms with Gasteiger partial charge in [-0.25, -0.2) is 4.79 Å². The van der Waals surface area contributed by atoms with Gasteiger partial charge in [-0.15, -0.1) is 0 Å². The summed E-state index contributed by atoms with van der Waals surface area (Å²) in [5, 5.41) is 12.9. The molecular weight excluding hydrogens is 458 g/mol. The number of benzene rings is 3. The van der Waals surface area contributed by atoms with Gasteiger partial charge in [0.1, 0.15) is 6.61 Å². The number of phenolic OH excluding ortho intramolecular Hbond substituents is 1. The first-order chi connectivity index (χ1) is 15.1. The van der Waals surface area contributed by atoms with Crippen molar-refractivity contribution < 1.29 is 19.4 Å². The number of alkyl carbamates (subject to hydrolysis) is 1. The van der Waals surface area contributed by atoms with Crippen LogP contribution >= 0.6 is 15.9 Å². The number of methoxy groups -OCH3 is 1. The van der Waals surface area contributed by atoms with Crippen LogP contribution in [0.2, 0.25) is 0 Å². The zero-order valence-corrected chi connectivity index (χ0v) is 18.6. The van der Waals surface area contributed by atoms with Gasteiger partial charge >= 0.3 is 6.09 Å². The van der Waals surface area contributed by atoms with E-state index in [-0.39, 0.29) is 24.8 Å². The van der Waals surface area contributed by atoms with E-state index in [9.17, 15) is 9.90 Å². The van der Waals surface area contributed by atoms with Crippen molar-refractivity contribution in [1.29, 1.82) is 0 Å². The first kappa shape index (κ1) is 21.0. The van der Waals surface area contributed by atoms with Crippen LogP contribution in [0.5, 0.6) is 11.5 Å². The fourth-order valence-electron chi connectivity index (χ4n) is 3.86. The van der Waals surface area contributed by atoms with Crippen LogP contribution in [0.1, 0.15) is 22.6 Å². The third-order valence-corrected chi connectivity index (χ3v) is 6.03. The molecule has 6 heteroatoms. The Morgan fingerprint density at radius 3 is 2.35 bits per heavy atom. The lowest BCUT2D eigenvalue weighted by Crippen LogP contribution is -2.26. The summed E-state index contributed by atoms with van der Waals surface area (Å²) in [6, 6.07) is 19.9. The normalized spacial score (nSPS) is 12.5. The maximum atomic E-state index is 12.2. The van der Waals surface area contributed by atoms with E-state index in [2.05, 4.69) is 45.5 Å². The van der Waals surface area contributed by atoms with Crippen LogP contribution in [-0.2, 0) is 4.74 Å². The smallest absolute Gasteiger partial charge is 0.407 e. The monoisotopic (exact) mass is 479 g/mol. The number of carbonyl (C=O) groups is 1. The van der Waals surface area contributed by atoms with Crippen molar-refractivity contribution >= 4 is 28.1 Å². The predicted molar refractivity (Wildman–Crippen MR) is 124 cm³/mol. The van der Waals surface area contributed by atoms with E-state index in [1.807, 2.05) is 24.3 Å². The maximum absolute atomic E-state index is 12.2. The summed E-state index contributed by atoms with van der Waals surface area (Å²) < 4.78 is 11.4. The second-order valence-electron chi connectivity index (χ2n) is 7.12. The zero-order chi connectivity index (χ0) is 21.8. The number of rotatable bonds is 6. The minimum atomic E-state index is -0.486. The van der Waals surface area contributed by atoms with E-state index < -0.39 is 6.09 Å². The van der Waals surface area contributed by atoms with E-state index in [0.717, 1.165) is 4.47 Å². The number of ether oxygens (including phenoxy) is 2. The van der Waals surface area contributed by atoms with Gasteiger partial charge in [0.15, 0.2) is 11.5 Å². The summed E-state index contributed by atoms with van der Waals surface area (Å²) in [6.45, 7) is 0.533. The van der Waals surface area contributed by atoms with E-state index in [4.69, 9.17) is 9.47 Å². The number of amides is 1. The van der Waals surface area contributed by atoms with Crippen LogP contribution in [0.4, 0.5) is 4.79 Å². The predicted octanol–water partition coefficient (Wildman–Crippen LogP) is 5.72. The van der Waals surface area contributed by atoms with Crippen molar-refractivity contribution in [3.05, 3.63) is 87.9 Å². The van der Waals surface area contributed by atoms with Gasteiger partial charge in [-0.2, -0.15) is 0 Å². The summed E-state index contributed by atoms with van der Waals surface area (Å²) >= 11 is 3.40. The molecule has 1 aliphatic carbocycles. The van der Waals surface area contributed by atoms with Crippen molar-refractivity contribution in [2.45, 2.75) is 5.92 Å². The SMILES string of the molecule is COc1ccc(Br)c(C=CCNC(=O)OCC2c3ccccc3-c3ccccc32)c1O. The second kappa shape index (κ2) is 9.27. The van der Waals surface area contributed by atoms with Crippen molar-refractivity contribution in [3.63, 3.8) is 0 Å². The van der Waals surface area contributed by atoms with Crippen LogP contribution in [0.15, 0.2) is 71.2 Å². The fraction of sp³-hybridized carbons (Fsp3) is 0.160. The molecule has 158 valence electrons. The van der Waals surface area contributed by atoms with Gasteiger partial charge in [-0.1, -0.05) is 76.6 Å². The van der Waals surface area contributed by atoms with Gasteiger partial charge in [0.25, 0.3) is 0 Å². The molecule has 3 aromatic carbocycles. The van der Waals surface area contributed by atoms with Crippen LogP contribution in [0.3, 0.4) is 0 Å². The molecule has 0 aromatic heterocycles.